The molecule has 0 saturated carbocycles. The van der Waals surface area contributed by atoms with Crippen molar-refractivity contribution in [1.29, 1.82) is 0 Å². The summed E-state index contributed by atoms with van der Waals surface area (Å²) in [6.07, 6.45) is 4.38. The lowest BCUT2D eigenvalue weighted by Crippen LogP contribution is -2.53. The smallest absolute Gasteiger partial charge is 0.237 e. The standard InChI is InChI=1S/C23H28ClN3O/c1-19(23(28)25-18-21-11-5-6-12-22(21)24)27-16-14-26(15-17-27)13-7-10-20-8-3-2-4-9-20/h2-12,19H,13-18H2,1H3,(H,25,28)/b10-7+. The molecule has 0 radical (unpaired) electrons. The van der Waals surface area contributed by atoms with Gasteiger partial charge in [0, 0.05) is 44.3 Å². The number of amides is 1. The Morgan fingerprint density at radius 2 is 1.75 bits per heavy atom. The van der Waals surface area contributed by atoms with E-state index in [0.29, 0.717) is 11.6 Å². The number of hydrogen-bond donors (Lipinski definition) is 1. The number of nitrogens with zero attached hydrogens (tertiary/aromatic N) is 2. The molecule has 1 aliphatic heterocycles. The van der Waals surface area contributed by atoms with E-state index in [4.69, 9.17) is 11.6 Å². The van der Waals surface area contributed by atoms with Crippen LogP contribution in [-0.2, 0) is 11.3 Å². The summed E-state index contributed by atoms with van der Waals surface area (Å²) < 4.78 is 0. The van der Waals surface area contributed by atoms with E-state index in [-0.39, 0.29) is 11.9 Å². The van der Waals surface area contributed by atoms with E-state index in [1.54, 1.807) is 0 Å². The van der Waals surface area contributed by atoms with Crippen LogP contribution in [0.25, 0.3) is 6.08 Å². The SMILES string of the molecule is CC(C(=O)NCc1ccccc1Cl)N1CCN(C/C=C/c2ccccc2)CC1. The molecule has 28 heavy (non-hydrogen) atoms. The number of benzene rings is 2. The molecule has 2 aromatic carbocycles. The van der Waals surface area contributed by atoms with Gasteiger partial charge in [0.1, 0.15) is 0 Å². The van der Waals surface area contributed by atoms with Crippen molar-refractivity contribution in [3.8, 4) is 0 Å². The minimum atomic E-state index is -0.135. The highest BCUT2D eigenvalue weighted by Crippen LogP contribution is 2.14. The maximum absolute atomic E-state index is 12.5. The zero-order valence-corrected chi connectivity index (χ0v) is 17.1. The van der Waals surface area contributed by atoms with Gasteiger partial charge in [-0.05, 0) is 24.1 Å². The quantitative estimate of drug-likeness (QED) is 0.774. The fourth-order valence-corrected chi connectivity index (χ4v) is 3.58. The Balaban J connectivity index is 1.40. The van der Waals surface area contributed by atoms with Crippen LogP contribution < -0.4 is 5.32 Å². The molecule has 5 heteroatoms. The van der Waals surface area contributed by atoms with Crippen LogP contribution in [0, 0.1) is 0 Å². The Morgan fingerprint density at radius 1 is 1.07 bits per heavy atom. The lowest BCUT2D eigenvalue weighted by molar-refractivity contribution is -0.126. The second-order valence-electron chi connectivity index (χ2n) is 7.13. The van der Waals surface area contributed by atoms with Crippen molar-refractivity contribution in [3.05, 3.63) is 76.8 Å². The van der Waals surface area contributed by atoms with Crippen molar-refractivity contribution in [2.75, 3.05) is 32.7 Å². The summed E-state index contributed by atoms with van der Waals surface area (Å²) in [7, 11) is 0. The summed E-state index contributed by atoms with van der Waals surface area (Å²) in [6.45, 7) is 7.14. The molecule has 0 spiro atoms. The van der Waals surface area contributed by atoms with E-state index < -0.39 is 0 Å². The summed E-state index contributed by atoms with van der Waals surface area (Å²) in [6, 6.07) is 17.8. The monoisotopic (exact) mass is 397 g/mol. The minimum Gasteiger partial charge on any atom is -0.351 e. The Morgan fingerprint density at radius 3 is 2.46 bits per heavy atom. The molecular weight excluding hydrogens is 370 g/mol. The topological polar surface area (TPSA) is 35.6 Å². The molecule has 1 N–H and O–H groups in total. The first-order valence-electron chi connectivity index (χ1n) is 9.82. The van der Waals surface area contributed by atoms with Crippen LogP contribution in [0.1, 0.15) is 18.1 Å². The highest BCUT2D eigenvalue weighted by molar-refractivity contribution is 6.31. The van der Waals surface area contributed by atoms with E-state index in [1.807, 2.05) is 37.3 Å². The minimum absolute atomic E-state index is 0.0531. The van der Waals surface area contributed by atoms with Gasteiger partial charge in [0.15, 0.2) is 0 Å². The van der Waals surface area contributed by atoms with Crippen molar-refractivity contribution >= 4 is 23.6 Å². The molecule has 4 nitrogen and oxygen atoms in total. The number of nitrogens with one attached hydrogen (secondary N) is 1. The average Bonchev–Trinajstić information content (AvgIpc) is 2.74. The first kappa shape index (κ1) is 20.6. The first-order valence-corrected chi connectivity index (χ1v) is 10.2. The van der Waals surface area contributed by atoms with Gasteiger partial charge in [-0.2, -0.15) is 0 Å². The van der Waals surface area contributed by atoms with E-state index in [2.05, 4.69) is 51.5 Å². The molecule has 148 valence electrons. The highest BCUT2D eigenvalue weighted by atomic mass is 35.5. The fourth-order valence-electron chi connectivity index (χ4n) is 3.37. The Hall–Kier alpha value is -2.14. The molecule has 2 aromatic rings. The zero-order chi connectivity index (χ0) is 19.8. The summed E-state index contributed by atoms with van der Waals surface area (Å²) in [5.41, 5.74) is 2.17. The predicted molar refractivity (Wildman–Crippen MR) is 116 cm³/mol. The van der Waals surface area contributed by atoms with Crippen molar-refractivity contribution < 1.29 is 4.79 Å². The van der Waals surface area contributed by atoms with Crippen LogP contribution in [0.3, 0.4) is 0 Å². The lowest BCUT2D eigenvalue weighted by atomic mass is 10.2. The molecule has 1 aliphatic rings. The lowest BCUT2D eigenvalue weighted by Gasteiger charge is -2.37. The predicted octanol–water partition coefficient (Wildman–Crippen LogP) is 3.68. The third kappa shape index (κ3) is 5.93. The van der Waals surface area contributed by atoms with E-state index >= 15 is 0 Å². The third-order valence-corrected chi connectivity index (χ3v) is 5.59. The van der Waals surface area contributed by atoms with Crippen molar-refractivity contribution in [2.45, 2.75) is 19.5 Å². The largest absolute Gasteiger partial charge is 0.351 e. The Bertz CT molecular complexity index is 785. The van der Waals surface area contributed by atoms with E-state index in [1.165, 1.54) is 5.56 Å². The second kappa shape index (κ2) is 10.4. The van der Waals surface area contributed by atoms with Crippen molar-refractivity contribution in [1.82, 2.24) is 15.1 Å². The molecule has 1 unspecified atom stereocenters. The molecular formula is C23H28ClN3O. The van der Waals surface area contributed by atoms with Gasteiger partial charge in [-0.15, -0.1) is 0 Å². The van der Waals surface area contributed by atoms with E-state index in [0.717, 1.165) is 38.3 Å². The van der Waals surface area contributed by atoms with Gasteiger partial charge >= 0.3 is 0 Å². The molecule has 0 bridgehead atoms. The number of hydrogen-bond acceptors (Lipinski definition) is 3. The number of piperazine rings is 1. The molecule has 3 rings (SSSR count). The van der Waals surface area contributed by atoms with E-state index in [9.17, 15) is 4.79 Å². The highest BCUT2D eigenvalue weighted by Gasteiger charge is 2.25. The number of halogens is 1. The van der Waals surface area contributed by atoms with Crippen molar-refractivity contribution in [2.24, 2.45) is 0 Å². The summed E-state index contributed by atoms with van der Waals surface area (Å²) in [5.74, 6) is 0.0531. The van der Waals surface area contributed by atoms with Crippen LogP contribution >= 0.6 is 11.6 Å². The molecule has 1 heterocycles. The number of rotatable bonds is 7. The molecule has 0 aromatic heterocycles. The van der Waals surface area contributed by atoms with Gasteiger partial charge in [-0.3, -0.25) is 14.6 Å². The second-order valence-corrected chi connectivity index (χ2v) is 7.54. The van der Waals surface area contributed by atoms with Gasteiger partial charge in [0.25, 0.3) is 0 Å². The number of carbonyl (C=O) groups is 1. The van der Waals surface area contributed by atoms with Crippen LogP contribution in [0.15, 0.2) is 60.7 Å². The fraction of sp³-hybridized carbons (Fsp3) is 0.348. The third-order valence-electron chi connectivity index (χ3n) is 5.22. The van der Waals surface area contributed by atoms with Crippen LogP contribution in [0.4, 0.5) is 0 Å². The molecule has 1 saturated heterocycles. The summed E-state index contributed by atoms with van der Waals surface area (Å²) in [5, 5.41) is 3.70. The summed E-state index contributed by atoms with van der Waals surface area (Å²) in [4.78, 5) is 17.2. The maximum Gasteiger partial charge on any atom is 0.237 e. The van der Waals surface area contributed by atoms with Gasteiger partial charge < -0.3 is 5.32 Å². The van der Waals surface area contributed by atoms with Gasteiger partial charge in [-0.25, -0.2) is 0 Å². The molecule has 1 fully saturated rings. The van der Waals surface area contributed by atoms with Gasteiger partial charge in [0.2, 0.25) is 5.91 Å². The first-order chi connectivity index (χ1) is 13.6. The summed E-state index contributed by atoms with van der Waals surface area (Å²) >= 11 is 6.16. The Kier molecular flexibility index (Phi) is 7.66. The molecule has 1 atom stereocenters. The number of carbonyl (C=O) groups excluding carboxylic acids is 1. The normalized spacial score (nSPS) is 16.9. The van der Waals surface area contributed by atoms with Crippen LogP contribution in [-0.4, -0.2) is 54.5 Å². The van der Waals surface area contributed by atoms with Gasteiger partial charge in [0.05, 0.1) is 6.04 Å². The average molecular weight is 398 g/mol. The van der Waals surface area contributed by atoms with Crippen LogP contribution in [0.2, 0.25) is 5.02 Å². The Labute approximate surface area is 172 Å². The maximum atomic E-state index is 12.5. The van der Waals surface area contributed by atoms with Crippen LogP contribution in [0.5, 0.6) is 0 Å². The molecule has 1 amide bonds. The zero-order valence-electron chi connectivity index (χ0n) is 16.4. The van der Waals surface area contributed by atoms with Crippen molar-refractivity contribution in [3.63, 3.8) is 0 Å². The van der Waals surface area contributed by atoms with Gasteiger partial charge in [-0.1, -0.05) is 72.3 Å². The molecule has 0 aliphatic carbocycles.